The lowest BCUT2D eigenvalue weighted by atomic mass is 10.2. The van der Waals surface area contributed by atoms with Gasteiger partial charge in [-0.05, 0) is 27.7 Å². The van der Waals surface area contributed by atoms with Crippen molar-refractivity contribution in [2.75, 3.05) is 12.0 Å². The lowest BCUT2D eigenvalue weighted by molar-refractivity contribution is 0.0511. The molecule has 0 aromatic carbocycles. The Bertz CT molecular complexity index is 557. The smallest absolute Gasteiger partial charge is 0.426 e. The zero-order valence-corrected chi connectivity index (χ0v) is 11.9. The summed E-state index contributed by atoms with van der Waals surface area (Å²) in [5.41, 5.74) is 1.23. The first kappa shape index (κ1) is 15.7. The highest BCUT2D eigenvalue weighted by atomic mass is 16.6. The van der Waals surface area contributed by atoms with Gasteiger partial charge in [0.1, 0.15) is 5.60 Å². The molecule has 1 aromatic heterocycles. The number of ether oxygens (including phenoxy) is 2. The molecular formula is C13H18N2O5. The first-order chi connectivity index (χ1) is 9.23. The SMILES string of the molecule is CCOC(=O)c1cc(=O)ccn1NC(=O)OC(C)(C)C. The molecule has 7 heteroatoms. The fourth-order valence-electron chi connectivity index (χ4n) is 1.34. The lowest BCUT2D eigenvalue weighted by Gasteiger charge is -2.21. The molecule has 0 saturated carbocycles. The van der Waals surface area contributed by atoms with Crippen LogP contribution in [0.5, 0.6) is 0 Å². The minimum Gasteiger partial charge on any atom is -0.461 e. The number of aromatic nitrogens is 1. The van der Waals surface area contributed by atoms with Crippen LogP contribution in [0.3, 0.4) is 0 Å². The molecule has 1 heterocycles. The van der Waals surface area contributed by atoms with Crippen LogP contribution < -0.4 is 10.9 Å². The average molecular weight is 282 g/mol. The van der Waals surface area contributed by atoms with Gasteiger partial charge in [-0.15, -0.1) is 0 Å². The van der Waals surface area contributed by atoms with Crippen LogP contribution in [0.15, 0.2) is 23.1 Å². The van der Waals surface area contributed by atoms with Crippen molar-refractivity contribution in [3.63, 3.8) is 0 Å². The second-order valence-corrected chi connectivity index (χ2v) is 4.95. The van der Waals surface area contributed by atoms with Crippen molar-refractivity contribution in [1.82, 2.24) is 4.68 Å². The van der Waals surface area contributed by atoms with Gasteiger partial charge in [-0.25, -0.2) is 15.0 Å². The van der Waals surface area contributed by atoms with E-state index in [-0.39, 0.29) is 17.7 Å². The third-order valence-electron chi connectivity index (χ3n) is 2.02. The molecule has 0 fully saturated rings. The fourth-order valence-corrected chi connectivity index (χ4v) is 1.34. The number of carbonyl (C=O) groups excluding carboxylic acids is 2. The van der Waals surface area contributed by atoms with Crippen molar-refractivity contribution in [2.45, 2.75) is 33.3 Å². The summed E-state index contributed by atoms with van der Waals surface area (Å²) in [5.74, 6) is -0.707. The number of nitrogens with one attached hydrogen (secondary N) is 1. The topological polar surface area (TPSA) is 86.6 Å². The largest absolute Gasteiger partial charge is 0.461 e. The maximum absolute atomic E-state index is 11.7. The van der Waals surface area contributed by atoms with Gasteiger partial charge in [-0.2, -0.15) is 0 Å². The second-order valence-electron chi connectivity index (χ2n) is 4.95. The summed E-state index contributed by atoms with van der Waals surface area (Å²) in [6.45, 7) is 6.94. The van der Waals surface area contributed by atoms with Gasteiger partial charge in [-0.1, -0.05) is 0 Å². The minimum absolute atomic E-state index is 0.0785. The van der Waals surface area contributed by atoms with Gasteiger partial charge in [-0.3, -0.25) is 9.47 Å². The Morgan fingerprint density at radius 2 is 2.00 bits per heavy atom. The molecular weight excluding hydrogens is 264 g/mol. The number of hydrogen-bond donors (Lipinski definition) is 1. The van der Waals surface area contributed by atoms with Gasteiger partial charge in [0, 0.05) is 18.3 Å². The Kier molecular flexibility index (Phi) is 4.90. The number of rotatable bonds is 3. The van der Waals surface area contributed by atoms with E-state index in [0.717, 1.165) is 10.7 Å². The van der Waals surface area contributed by atoms with Crippen LogP contribution in [0.4, 0.5) is 4.79 Å². The maximum Gasteiger partial charge on any atom is 0.426 e. The third-order valence-corrected chi connectivity index (χ3v) is 2.02. The molecule has 0 saturated heterocycles. The molecule has 0 aliphatic heterocycles. The predicted octanol–water partition coefficient (Wildman–Crippen LogP) is 1.50. The summed E-state index contributed by atoms with van der Waals surface area (Å²) >= 11 is 0. The van der Waals surface area contributed by atoms with Crippen molar-refractivity contribution in [1.29, 1.82) is 0 Å². The van der Waals surface area contributed by atoms with Crippen LogP contribution in [0.1, 0.15) is 38.2 Å². The van der Waals surface area contributed by atoms with E-state index in [1.54, 1.807) is 27.7 Å². The number of amides is 1. The predicted molar refractivity (Wildman–Crippen MR) is 72.3 cm³/mol. The van der Waals surface area contributed by atoms with E-state index in [2.05, 4.69) is 5.43 Å². The molecule has 0 atom stereocenters. The van der Waals surface area contributed by atoms with Crippen molar-refractivity contribution < 1.29 is 19.1 Å². The monoisotopic (exact) mass is 282 g/mol. The highest BCUT2D eigenvalue weighted by Gasteiger charge is 2.18. The van der Waals surface area contributed by atoms with E-state index in [4.69, 9.17) is 9.47 Å². The Hall–Kier alpha value is -2.31. The first-order valence-electron chi connectivity index (χ1n) is 6.13. The molecule has 0 unspecified atom stereocenters. The van der Waals surface area contributed by atoms with Crippen molar-refractivity contribution in [3.8, 4) is 0 Å². The van der Waals surface area contributed by atoms with Crippen LogP contribution >= 0.6 is 0 Å². The van der Waals surface area contributed by atoms with Crippen LogP contribution in [0.2, 0.25) is 0 Å². The van der Waals surface area contributed by atoms with E-state index in [1.165, 1.54) is 12.3 Å². The molecule has 1 N–H and O–H groups in total. The number of hydrogen-bond acceptors (Lipinski definition) is 5. The maximum atomic E-state index is 11.7. The molecule has 20 heavy (non-hydrogen) atoms. The van der Waals surface area contributed by atoms with Gasteiger partial charge in [0.15, 0.2) is 11.1 Å². The average Bonchev–Trinajstić information content (AvgIpc) is 2.29. The summed E-state index contributed by atoms with van der Waals surface area (Å²) in [7, 11) is 0. The zero-order valence-electron chi connectivity index (χ0n) is 11.9. The summed E-state index contributed by atoms with van der Waals surface area (Å²) in [4.78, 5) is 34.7. The van der Waals surface area contributed by atoms with Gasteiger partial charge < -0.3 is 9.47 Å². The molecule has 1 amide bonds. The highest BCUT2D eigenvalue weighted by molar-refractivity contribution is 5.88. The van der Waals surface area contributed by atoms with Crippen molar-refractivity contribution in [2.24, 2.45) is 0 Å². The van der Waals surface area contributed by atoms with E-state index in [9.17, 15) is 14.4 Å². The molecule has 0 bridgehead atoms. The summed E-state index contributed by atoms with van der Waals surface area (Å²) in [6, 6.07) is 2.29. The third kappa shape index (κ3) is 4.75. The molecule has 7 nitrogen and oxygen atoms in total. The lowest BCUT2D eigenvalue weighted by Crippen LogP contribution is -2.34. The minimum atomic E-state index is -0.744. The Balaban J connectivity index is 2.97. The fraction of sp³-hybridized carbons (Fsp3) is 0.462. The molecule has 1 aromatic rings. The van der Waals surface area contributed by atoms with Gasteiger partial charge in [0.2, 0.25) is 0 Å². The summed E-state index contributed by atoms with van der Waals surface area (Å²) in [6.07, 6.45) is 0.519. The standard InChI is InChI=1S/C13H18N2O5/c1-5-19-11(17)10-8-9(16)6-7-15(10)14-12(18)20-13(2,3)4/h6-8H,5H2,1-4H3,(H,14,18). The van der Waals surface area contributed by atoms with Gasteiger partial charge in [0.25, 0.3) is 0 Å². The van der Waals surface area contributed by atoms with Crippen LogP contribution in [0.25, 0.3) is 0 Å². The quantitative estimate of drug-likeness (QED) is 0.849. The Morgan fingerprint density at radius 3 is 2.55 bits per heavy atom. The van der Waals surface area contributed by atoms with E-state index >= 15 is 0 Å². The summed E-state index contributed by atoms with van der Waals surface area (Å²) < 4.78 is 11.0. The van der Waals surface area contributed by atoms with Crippen LogP contribution in [0, 0.1) is 0 Å². The normalized spacial score (nSPS) is 10.8. The number of pyridine rings is 1. The molecule has 110 valence electrons. The van der Waals surface area contributed by atoms with E-state index < -0.39 is 17.7 Å². The van der Waals surface area contributed by atoms with E-state index in [1.807, 2.05) is 0 Å². The Labute approximate surface area is 116 Å². The summed E-state index contributed by atoms with van der Waals surface area (Å²) in [5, 5.41) is 0. The molecule has 0 aliphatic rings. The van der Waals surface area contributed by atoms with Crippen molar-refractivity contribution in [3.05, 3.63) is 34.2 Å². The Morgan fingerprint density at radius 1 is 1.35 bits per heavy atom. The second kappa shape index (κ2) is 6.23. The molecule has 0 aliphatic carbocycles. The number of carbonyl (C=O) groups is 2. The van der Waals surface area contributed by atoms with Gasteiger partial charge >= 0.3 is 12.1 Å². The van der Waals surface area contributed by atoms with Crippen LogP contribution in [-0.2, 0) is 9.47 Å². The van der Waals surface area contributed by atoms with Gasteiger partial charge in [0.05, 0.1) is 6.61 Å². The number of esters is 1. The zero-order chi connectivity index (χ0) is 15.3. The van der Waals surface area contributed by atoms with Crippen LogP contribution in [-0.4, -0.2) is 28.9 Å². The first-order valence-corrected chi connectivity index (χ1v) is 6.13. The van der Waals surface area contributed by atoms with Crippen molar-refractivity contribution >= 4 is 12.1 Å². The number of nitrogens with zero attached hydrogens (tertiary/aromatic N) is 1. The molecule has 0 radical (unpaired) electrons. The molecule has 1 rings (SSSR count). The van der Waals surface area contributed by atoms with E-state index in [0.29, 0.717) is 0 Å². The molecule has 0 spiro atoms. The highest BCUT2D eigenvalue weighted by Crippen LogP contribution is 2.07.